The lowest BCUT2D eigenvalue weighted by Gasteiger charge is -2.17. The van der Waals surface area contributed by atoms with E-state index in [9.17, 15) is 9.59 Å². The number of carbonyl (C=O) groups excluding carboxylic acids is 1. The van der Waals surface area contributed by atoms with Crippen LogP contribution in [-0.4, -0.2) is 39.0 Å². The van der Waals surface area contributed by atoms with Crippen molar-refractivity contribution >= 4 is 34.3 Å². The molecule has 4 rings (SSSR count). The summed E-state index contributed by atoms with van der Waals surface area (Å²) >= 11 is 0. The average Bonchev–Trinajstić information content (AvgIpc) is 2.85. The number of nitrogens with zero attached hydrogens (tertiary/aromatic N) is 4. The Morgan fingerprint density at radius 3 is 2.56 bits per heavy atom. The molecule has 0 aliphatic carbocycles. The molecule has 0 unspecified atom stereocenters. The molecule has 1 amide bonds. The summed E-state index contributed by atoms with van der Waals surface area (Å²) in [6.45, 7) is 3.72. The maximum atomic E-state index is 12.6. The molecule has 0 radical (unpaired) electrons. The van der Waals surface area contributed by atoms with Gasteiger partial charge in [0.25, 0.3) is 5.91 Å². The van der Waals surface area contributed by atoms with Crippen molar-refractivity contribution in [1.29, 1.82) is 0 Å². The highest BCUT2D eigenvalue weighted by atomic mass is 16.4. The molecule has 0 saturated heterocycles. The first-order valence-electron chi connectivity index (χ1n) is 10.6. The van der Waals surface area contributed by atoms with Crippen molar-refractivity contribution in [2.75, 3.05) is 17.3 Å². The normalized spacial score (nSPS) is 10.6. The van der Waals surface area contributed by atoms with Gasteiger partial charge in [-0.2, -0.15) is 0 Å². The van der Waals surface area contributed by atoms with Crippen LogP contribution in [0.25, 0.3) is 10.9 Å². The van der Waals surface area contributed by atoms with Gasteiger partial charge in [0.05, 0.1) is 11.9 Å². The van der Waals surface area contributed by atoms with Gasteiger partial charge in [-0.15, -0.1) is 0 Å². The number of carbonyl (C=O) groups is 2. The maximum Gasteiger partial charge on any atom is 0.308 e. The molecule has 0 bridgehead atoms. The topological polar surface area (TPSA) is 108 Å². The number of hydrogen-bond donors (Lipinski definition) is 2. The summed E-state index contributed by atoms with van der Waals surface area (Å²) in [5.74, 6) is -0.177. The third-order valence-corrected chi connectivity index (χ3v) is 5.25. The van der Waals surface area contributed by atoms with E-state index in [-0.39, 0.29) is 12.3 Å². The highest BCUT2D eigenvalue weighted by molar-refractivity contribution is 6.04. The van der Waals surface area contributed by atoms with Crippen LogP contribution in [0, 0.1) is 0 Å². The Kier molecular flexibility index (Phi) is 6.59. The molecule has 2 N–H and O–H groups in total. The molecule has 0 atom stereocenters. The summed E-state index contributed by atoms with van der Waals surface area (Å²) in [5.41, 5.74) is 3.21. The number of rotatable bonds is 8. The van der Waals surface area contributed by atoms with Crippen LogP contribution in [0.4, 0.5) is 11.5 Å². The highest BCUT2D eigenvalue weighted by Gasteiger charge is 2.14. The molecule has 0 saturated carbocycles. The SMILES string of the molecule is C=CN(C)c1nc(Cc2ccc(NC(=O)c3ccc4ccccc4n3)cc2)ncc1CC(=O)O. The van der Waals surface area contributed by atoms with E-state index in [2.05, 4.69) is 26.8 Å². The van der Waals surface area contributed by atoms with Gasteiger partial charge in [-0.3, -0.25) is 9.59 Å². The minimum absolute atomic E-state index is 0.172. The Bertz CT molecular complexity index is 1370. The van der Waals surface area contributed by atoms with Gasteiger partial charge < -0.3 is 15.3 Å². The lowest BCUT2D eigenvalue weighted by molar-refractivity contribution is -0.136. The van der Waals surface area contributed by atoms with Crippen LogP contribution < -0.4 is 10.2 Å². The minimum atomic E-state index is -0.952. The number of pyridine rings is 1. The summed E-state index contributed by atoms with van der Waals surface area (Å²) in [6, 6.07) is 18.6. The molecule has 8 nitrogen and oxygen atoms in total. The van der Waals surface area contributed by atoms with E-state index < -0.39 is 5.97 Å². The Hall–Kier alpha value is -4.59. The smallest absolute Gasteiger partial charge is 0.308 e. The second-order valence-corrected chi connectivity index (χ2v) is 7.72. The summed E-state index contributed by atoms with van der Waals surface area (Å²) in [7, 11) is 1.76. The van der Waals surface area contributed by atoms with Crippen molar-refractivity contribution in [2.45, 2.75) is 12.8 Å². The van der Waals surface area contributed by atoms with Gasteiger partial charge >= 0.3 is 5.97 Å². The molecule has 0 aliphatic rings. The van der Waals surface area contributed by atoms with Gasteiger partial charge in [-0.25, -0.2) is 15.0 Å². The van der Waals surface area contributed by atoms with Crippen molar-refractivity contribution in [2.24, 2.45) is 0 Å². The van der Waals surface area contributed by atoms with Crippen LogP contribution in [0.1, 0.15) is 27.4 Å². The van der Waals surface area contributed by atoms with Crippen molar-refractivity contribution in [3.63, 3.8) is 0 Å². The van der Waals surface area contributed by atoms with Gasteiger partial charge in [-0.05, 0) is 36.0 Å². The lowest BCUT2D eigenvalue weighted by atomic mass is 10.1. The van der Waals surface area contributed by atoms with Crippen molar-refractivity contribution in [3.8, 4) is 0 Å². The zero-order valence-electron chi connectivity index (χ0n) is 18.6. The van der Waals surface area contributed by atoms with E-state index in [1.807, 2.05) is 54.6 Å². The van der Waals surface area contributed by atoms with Crippen LogP contribution in [-0.2, 0) is 17.6 Å². The van der Waals surface area contributed by atoms with Gasteiger partial charge in [0.15, 0.2) is 0 Å². The third kappa shape index (κ3) is 5.24. The summed E-state index contributed by atoms with van der Waals surface area (Å²) in [4.78, 5) is 38.7. The van der Waals surface area contributed by atoms with Crippen LogP contribution in [0.15, 0.2) is 79.6 Å². The first-order valence-corrected chi connectivity index (χ1v) is 10.6. The molecule has 0 spiro atoms. The molecule has 0 aliphatic heterocycles. The molecule has 0 fully saturated rings. The predicted molar refractivity (Wildman–Crippen MR) is 131 cm³/mol. The summed E-state index contributed by atoms with van der Waals surface area (Å²) in [5, 5.41) is 13.0. The zero-order valence-corrected chi connectivity index (χ0v) is 18.6. The molecule has 8 heteroatoms. The Morgan fingerprint density at radius 2 is 1.82 bits per heavy atom. The standard InChI is InChI=1S/C26H23N5O3/c1-3-31(2)25-19(15-24(32)33)16-27-23(30-25)14-17-8-11-20(12-9-17)28-26(34)22-13-10-18-6-4-5-7-21(18)29-22/h3-13,16H,1,14-15H2,2H3,(H,28,34)(H,32,33). The van der Waals surface area contributed by atoms with Crippen LogP contribution >= 0.6 is 0 Å². The largest absolute Gasteiger partial charge is 0.481 e. The van der Waals surface area contributed by atoms with E-state index in [1.54, 1.807) is 24.2 Å². The monoisotopic (exact) mass is 453 g/mol. The van der Waals surface area contributed by atoms with E-state index in [0.717, 1.165) is 16.5 Å². The number of aliphatic carboxylic acids is 1. The second-order valence-electron chi connectivity index (χ2n) is 7.72. The number of benzene rings is 2. The molecule has 2 heterocycles. The Labute approximate surface area is 196 Å². The molecular weight excluding hydrogens is 430 g/mol. The summed E-state index contributed by atoms with van der Waals surface area (Å²) in [6.07, 6.45) is 3.39. The number of amides is 1. The zero-order chi connectivity index (χ0) is 24.1. The quantitative estimate of drug-likeness (QED) is 0.414. The predicted octanol–water partition coefficient (Wildman–Crippen LogP) is 4.07. The fraction of sp³-hybridized carbons (Fsp3) is 0.115. The molecule has 2 aromatic carbocycles. The van der Waals surface area contributed by atoms with Gasteiger partial charge in [-0.1, -0.05) is 43.0 Å². The number of aromatic nitrogens is 3. The number of hydrogen-bond acceptors (Lipinski definition) is 6. The third-order valence-electron chi connectivity index (χ3n) is 5.25. The Morgan fingerprint density at radius 1 is 1.06 bits per heavy atom. The Balaban J connectivity index is 1.46. The molecule has 170 valence electrons. The second kappa shape index (κ2) is 9.91. The van der Waals surface area contributed by atoms with Crippen molar-refractivity contribution in [1.82, 2.24) is 15.0 Å². The van der Waals surface area contributed by atoms with E-state index >= 15 is 0 Å². The first-order chi connectivity index (χ1) is 16.4. The number of para-hydroxylation sites is 1. The van der Waals surface area contributed by atoms with Crippen LogP contribution in [0.2, 0.25) is 0 Å². The number of carboxylic acids is 1. The van der Waals surface area contributed by atoms with Gasteiger partial charge in [0.2, 0.25) is 0 Å². The highest BCUT2D eigenvalue weighted by Crippen LogP contribution is 2.20. The lowest BCUT2D eigenvalue weighted by Crippen LogP contribution is -2.16. The van der Waals surface area contributed by atoms with E-state index in [4.69, 9.17) is 5.11 Å². The first kappa shape index (κ1) is 22.6. The molecule has 4 aromatic rings. The molecule has 2 aromatic heterocycles. The number of anilines is 2. The molecular formula is C26H23N5O3. The average molecular weight is 454 g/mol. The fourth-order valence-corrected chi connectivity index (χ4v) is 3.47. The fourth-order valence-electron chi connectivity index (χ4n) is 3.47. The number of nitrogens with one attached hydrogen (secondary N) is 1. The van der Waals surface area contributed by atoms with E-state index in [0.29, 0.717) is 35.0 Å². The number of fused-ring (bicyclic) bond motifs is 1. The molecule has 34 heavy (non-hydrogen) atoms. The van der Waals surface area contributed by atoms with Crippen LogP contribution in [0.5, 0.6) is 0 Å². The number of carboxylic acid groups (broad SMARTS) is 1. The van der Waals surface area contributed by atoms with Gasteiger partial charge in [0, 0.05) is 36.3 Å². The van der Waals surface area contributed by atoms with Crippen molar-refractivity contribution < 1.29 is 14.7 Å². The van der Waals surface area contributed by atoms with Crippen LogP contribution in [0.3, 0.4) is 0 Å². The summed E-state index contributed by atoms with van der Waals surface area (Å²) < 4.78 is 0. The minimum Gasteiger partial charge on any atom is -0.481 e. The van der Waals surface area contributed by atoms with Crippen molar-refractivity contribution in [3.05, 3.63) is 102 Å². The van der Waals surface area contributed by atoms with E-state index in [1.165, 1.54) is 6.20 Å². The van der Waals surface area contributed by atoms with Gasteiger partial charge in [0.1, 0.15) is 17.3 Å². The maximum absolute atomic E-state index is 12.6.